The van der Waals surface area contributed by atoms with Gasteiger partial charge in [0.15, 0.2) is 0 Å². The largest absolute Gasteiger partial charge is 0.316 e. The zero-order valence-electron chi connectivity index (χ0n) is 13.4. The third kappa shape index (κ3) is 3.30. The van der Waals surface area contributed by atoms with Crippen LogP contribution >= 0.6 is 23.4 Å². The summed E-state index contributed by atoms with van der Waals surface area (Å²) in [7, 11) is 0. The molecule has 0 atom stereocenters. The maximum Gasteiger partial charge on any atom is 0.0970 e. The van der Waals surface area contributed by atoms with Gasteiger partial charge in [-0.3, -0.25) is 0 Å². The standard InChI is InChI=1S/C20H19ClN2S/c21-18-7-5-14-9-11-22-12-10-16(14)17(18)13-24-20-8-6-15-3-1-2-4-19(15)23-20/h1-8,22H,9-13H2. The number of fused-ring (bicyclic) bond motifs is 2. The van der Waals surface area contributed by atoms with Crippen LogP contribution in [-0.2, 0) is 18.6 Å². The fourth-order valence-corrected chi connectivity index (χ4v) is 4.52. The summed E-state index contributed by atoms with van der Waals surface area (Å²) in [5.74, 6) is 0.868. The molecule has 2 aromatic carbocycles. The average molecular weight is 355 g/mol. The van der Waals surface area contributed by atoms with Gasteiger partial charge >= 0.3 is 0 Å². The van der Waals surface area contributed by atoms with Crippen LogP contribution in [-0.4, -0.2) is 18.1 Å². The normalized spacial score (nSPS) is 14.4. The highest BCUT2D eigenvalue weighted by molar-refractivity contribution is 7.98. The van der Waals surface area contributed by atoms with Crippen molar-refractivity contribution in [3.8, 4) is 0 Å². The molecule has 0 spiro atoms. The molecular formula is C20H19ClN2S. The minimum atomic E-state index is 0.868. The van der Waals surface area contributed by atoms with Gasteiger partial charge in [-0.05, 0) is 60.8 Å². The van der Waals surface area contributed by atoms with Gasteiger partial charge < -0.3 is 5.32 Å². The van der Waals surface area contributed by atoms with Gasteiger partial charge in [-0.1, -0.05) is 41.9 Å². The molecule has 1 N–H and O–H groups in total. The van der Waals surface area contributed by atoms with E-state index >= 15 is 0 Å². The molecule has 24 heavy (non-hydrogen) atoms. The van der Waals surface area contributed by atoms with Crippen molar-refractivity contribution in [2.45, 2.75) is 23.6 Å². The number of benzene rings is 2. The molecule has 0 saturated heterocycles. The Hall–Kier alpha value is -1.55. The molecule has 3 aromatic rings. The predicted molar refractivity (Wildman–Crippen MR) is 103 cm³/mol. The van der Waals surface area contributed by atoms with Crippen molar-refractivity contribution < 1.29 is 0 Å². The van der Waals surface area contributed by atoms with Crippen molar-refractivity contribution in [2.24, 2.45) is 0 Å². The van der Waals surface area contributed by atoms with Gasteiger partial charge in [-0.15, -0.1) is 11.8 Å². The van der Waals surface area contributed by atoms with Crippen LogP contribution in [0.15, 0.2) is 53.6 Å². The van der Waals surface area contributed by atoms with Crippen LogP contribution in [0.2, 0.25) is 5.02 Å². The first-order chi connectivity index (χ1) is 11.8. The number of hydrogen-bond donors (Lipinski definition) is 1. The zero-order valence-corrected chi connectivity index (χ0v) is 15.0. The summed E-state index contributed by atoms with van der Waals surface area (Å²) in [6.07, 6.45) is 2.13. The second-order valence-corrected chi connectivity index (χ2v) is 7.45. The van der Waals surface area contributed by atoms with Crippen molar-refractivity contribution in [3.05, 3.63) is 70.2 Å². The lowest BCUT2D eigenvalue weighted by Crippen LogP contribution is -2.16. The van der Waals surface area contributed by atoms with E-state index in [4.69, 9.17) is 16.6 Å². The van der Waals surface area contributed by atoms with E-state index in [-0.39, 0.29) is 0 Å². The highest BCUT2D eigenvalue weighted by atomic mass is 35.5. The summed E-state index contributed by atoms with van der Waals surface area (Å²) in [6.45, 7) is 2.08. The lowest BCUT2D eigenvalue weighted by atomic mass is 9.98. The Morgan fingerprint density at radius 1 is 1.00 bits per heavy atom. The smallest absolute Gasteiger partial charge is 0.0970 e. The molecule has 4 rings (SSSR count). The van der Waals surface area contributed by atoms with Crippen molar-refractivity contribution in [3.63, 3.8) is 0 Å². The number of aromatic nitrogens is 1. The second kappa shape index (κ2) is 7.14. The number of nitrogens with zero attached hydrogens (tertiary/aromatic N) is 1. The van der Waals surface area contributed by atoms with E-state index in [2.05, 4.69) is 41.7 Å². The van der Waals surface area contributed by atoms with Crippen molar-refractivity contribution in [1.29, 1.82) is 0 Å². The average Bonchev–Trinajstić information content (AvgIpc) is 2.86. The van der Waals surface area contributed by atoms with Crippen LogP contribution in [0.3, 0.4) is 0 Å². The number of para-hydroxylation sites is 1. The van der Waals surface area contributed by atoms with Crippen LogP contribution in [0, 0.1) is 0 Å². The van der Waals surface area contributed by atoms with Gasteiger partial charge in [-0.2, -0.15) is 0 Å². The zero-order chi connectivity index (χ0) is 16.4. The maximum atomic E-state index is 6.52. The predicted octanol–water partition coefficient (Wildman–Crippen LogP) is 4.87. The van der Waals surface area contributed by atoms with Gasteiger partial charge in [0.1, 0.15) is 0 Å². The van der Waals surface area contributed by atoms with Crippen LogP contribution in [0.5, 0.6) is 0 Å². The lowest BCUT2D eigenvalue weighted by molar-refractivity contribution is 0.710. The molecule has 4 heteroatoms. The molecule has 0 unspecified atom stereocenters. The number of nitrogens with one attached hydrogen (secondary N) is 1. The monoisotopic (exact) mass is 354 g/mol. The quantitative estimate of drug-likeness (QED) is 0.679. The number of thioether (sulfide) groups is 1. The van der Waals surface area contributed by atoms with E-state index in [0.29, 0.717) is 0 Å². The van der Waals surface area contributed by atoms with E-state index < -0.39 is 0 Å². The molecule has 0 bridgehead atoms. The minimum absolute atomic E-state index is 0.868. The van der Waals surface area contributed by atoms with E-state index in [1.54, 1.807) is 11.8 Å². The minimum Gasteiger partial charge on any atom is -0.316 e. The molecule has 2 nitrogen and oxygen atoms in total. The Labute approximate surface area is 151 Å². The van der Waals surface area contributed by atoms with Crippen LogP contribution in [0.4, 0.5) is 0 Å². The molecule has 0 amide bonds. The number of rotatable bonds is 3. The SMILES string of the molecule is Clc1ccc2c(c1CSc1ccc3ccccc3n1)CCNCC2. The molecular weight excluding hydrogens is 336 g/mol. The fraction of sp³-hybridized carbons (Fsp3) is 0.250. The number of hydrogen-bond acceptors (Lipinski definition) is 3. The number of pyridine rings is 1. The molecule has 0 fully saturated rings. The first-order valence-corrected chi connectivity index (χ1v) is 9.66. The van der Waals surface area contributed by atoms with Gasteiger partial charge in [0.2, 0.25) is 0 Å². The lowest BCUT2D eigenvalue weighted by Gasteiger charge is -2.14. The summed E-state index contributed by atoms with van der Waals surface area (Å²) >= 11 is 8.29. The summed E-state index contributed by atoms with van der Waals surface area (Å²) in [4.78, 5) is 4.76. The first-order valence-electron chi connectivity index (χ1n) is 8.30. The molecule has 0 aliphatic carbocycles. The maximum absolute atomic E-state index is 6.52. The van der Waals surface area contributed by atoms with Crippen molar-refractivity contribution in [1.82, 2.24) is 10.3 Å². The van der Waals surface area contributed by atoms with Gasteiger partial charge in [0.05, 0.1) is 10.5 Å². The molecule has 1 aliphatic heterocycles. The van der Waals surface area contributed by atoms with Crippen LogP contribution in [0.1, 0.15) is 16.7 Å². The van der Waals surface area contributed by atoms with E-state index in [0.717, 1.165) is 47.2 Å². The molecule has 122 valence electrons. The van der Waals surface area contributed by atoms with Crippen molar-refractivity contribution >= 4 is 34.3 Å². The van der Waals surface area contributed by atoms with Gasteiger partial charge in [-0.25, -0.2) is 4.98 Å². The Morgan fingerprint density at radius 3 is 2.83 bits per heavy atom. The third-order valence-corrected chi connectivity index (χ3v) is 5.84. The first kappa shape index (κ1) is 15.9. The highest BCUT2D eigenvalue weighted by Gasteiger charge is 2.15. The van der Waals surface area contributed by atoms with Gasteiger partial charge in [0.25, 0.3) is 0 Å². The Bertz CT molecular complexity index is 879. The molecule has 2 heterocycles. The molecule has 0 saturated carbocycles. The highest BCUT2D eigenvalue weighted by Crippen LogP contribution is 2.32. The van der Waals surface area contributed by atoms with E-state index in [1.165, 1.54) is 22.1 Å². The second-order valence-electron chi connectivity index (χ2n) is 6.04. The number of halogens is 1. The van der Waals surface area contributed by atoms with E-state index in [9.17, 15) is 0 Å². The third-order valence-electron chi connectivity index (χ3n) is 4.53. The Morgan fingerprint density at radius 2 is 1.88 bits per heavy atom. The fourth-order valence-electron chi connectivity index (χ4n) is 3.25. The summed E-state index contributed by atoms with van der Waals surface area (Å²) in [5.41, 5.74) is 5.19. The summed E-state index contributed by atoms with van der Waals surface area (Å²) in [5, 5.41) is 6.58. The van der Waals surface area contributed by atoms with E-state index in [1.807, 2.05) is 12.1 Å². The summed E-state index contributed by atoms with van der Waals surface area (Å²) < 4.78 is 0. The van der Waals surface area contributed by atoms with Crippen LogP contribution < -0.4 is 5.32 Å². The molecule has 1 aliphatic rings. The molecule has 0 radical (unpaired) electrons. The van der Waals surface area contributed by atoms with Gasteiger partial charge in [0, 0.05) is 16.2 Å². The van der Waals surface area contributed by atoms with Crippen LogP contribution in [0.25, 0.3) is 10.9 Å². The Kier molecular flexibility index (Phi) is 4.74. The summed E-state index contributed by atoms with van der Waals surface area (Å²) in [6, 6.07) is 16.7. The Balaban J connectivity index is 1.60. The topological polar surface area (TPSA) is 24.9 Å². The molecule has 1 aromatic heterocycles. The van der Waals surface area contributed by atoms with Crippen molar-refractivity contribution in [2.75, 3.05) is 13.1 Å².